The number of nitrogens with one attached hydrogen (secondary N) is 2. The van der Waals surface area contributed by atoms with Crippen LogP contribution in [0.5, 0.6) is 11.5 Å². The summed E-state index contributed by atoms with van der Waals surface area (Å²) >= 11 is 0. The number of H-pyrrole nitrogens is 1. The Morgan fingerprint density at radius 1 is 1.15 bits per heavy atom. The highest BCUT2D eigenvalue weighted by Gasteiger charge is 2.26. The van der Waals surface area contributed by atoms with E-state index in [9.17, 15) is 4.79 Å². The number of carbonyl (C=O) groups is 1. The van der Waals surface area contributed by atoms with Crippen molar-refractivity contribution in [2.24, 2.45) is 0 Å². The number of likely N-dealkylation sites (tertiary alicyclic amines) is 1. The molecule has 0 spiro atoms. The highest BCUT2D eigenvalue weighted by molar-refractivity contribution is 6.00. The summed E-state index contributed by atoms with van der Waals surface area (Å²) in [6, 6.07) is 5.56. The molecule has 1 fully saturated rings. The molecular weight excluding hydrogens is 342 g/mol. The number of rotatable bonds is 6. The average Bonchev–Trinajstić information content (AvgIpc) is 2.91. The SMILES string of the molecule is COc1ccc2[nH]c(C(=O)NC(C)(C)CN3CCCCCC3)cc2c1OC. The van der Waals surface area contributed by atoms with E-state index >= 15 is 0 Å². The summed E-state index contributed by atoms with van der Waals surface area (Å²) in [5.74, 6) is 1.18. The summed E-state index contributed by atoms with van der Waals surface area (Å²) in [6.45, 7) is 7.26. The third kappa shape index (κ3) is 4.56. The van der Waals surface area contributed by atoms with E-state index in [4.69, 9.17) is 9.47 Å². The Labute approximate surface area is 161 Å². The topological polar surface area (TPSA) is 66.6 Å². The Morgan fingerprint density at radius 2 is 1.85 bits per heavy atom. The normalized spacial score (nSPS) is 16.1. The number of fused-ring (bicyclic) bond motifs is 1. The molecule has 6 heteroatoms. The van der Waals surface area contributed by atoms with Gasteiger partial charge in [-0.25, -0.2) is 0 Å². The van der Waals surface area contributed by atoms with E-state index < -0.39 is 0 Å². The molecule has 1 aliphatic heterocycles. The lowest BCUT2D eigenvalue weighted by Gasteiger charge is -2.32. The largest absolute Gasteiger partial charge is 0.493 e. The molecule has 1 amide bonds. The molecule has 2 aromatic rings. The molecule has 0 radical (unpaired) electrons. The van der Waals surface area contributed by atoms with E-state index in [2.05, 4.69) is 29.0 Å². The molecule has 27 heavy (non-hydrogen) atoms. The fourth-order valence-electron chi connectivity index (χ4n) is 3.92. The van der Waals surface area contributed by atoms with Crippen molar-refractivity contribution in [3.05, 3.63) is 23.9 Å². The Kier molecular flexibility index (Phi) is 5.95. The van der Waals surface area contributed by atoms with E-state index in [1.54, 1.807) is 14.2 Å². The second-order valence-electron chi connectivity index (χ2n) is 7.97. The van der Waals surface area contributed by atoms with Crippen LogP contribution in [-0.4, -0.2) is 55.2 Å². The number of aromatic amines is 1. The van der Waals surface area contributed by atoms with Crippen LogP contribution in [0.2, 0.25) is 0 Å². The maximum Gasteiger partial charge on any atom is 0.268 e. The number of nitrogens with zero attached hydrogens (tertiary/aromatic N) is 1. The van der Waals surface area contributed by atoms with Crippen molar-refractivity contribution in [3.63, 3.8) is 0 Å². The van der Waals surface area contributed by atoms with Crippen LogP contribution >= 0.6 is 0 Å². The number of hydrogen-bond acceptors (Lipinski definition) is 4. The predicted molar refractivity (Wildman–Crippen MR) is 108 cm³/mol. The Bertz CT molecular complexity index is 789. The standard InChI is InChI=1S/C21H31N3O3/c1-21(2,14-24-11-7-5-6-8-12-24)23-20(25)17-13-15-16(22-17)9-10-18(26-3)19(15)27-4/h9-10,13,22H,5-8,11-12,14H2,1-4H3,(H,23,25). The minimum absolute atomic E-state index is 0.105. The number of hydrogen-bond donors (Lipinski definition) is 2. The van der Waals surface area contributed by atoms with Gasteiger partial charge in [-0.05, 0) is 58.0 Å². The molecule has 3 rings (SSSR count). The van der Waals surface area contributed by atoms with Gasteiger partial charge in [0.1, 0.15) is 5.69 Å². The van der Waals surface area contributed by atoms with E-state index in [0.29, 0.717) is 17.2 Å². The third-order valence-corrected chi connectivity index (χ3v) is 5.16. The van der Waals surface area contributed by atoms with Crippen molar-refractivity contribution >= 4 is 16.8 Å². The number of benzene rings is 1. The number of methoxy groups -OCH3 is 2. The van der Waals surface area contributed by atoms with Gasteiger partial charge in [0.15, 0.2) is 11.5 Å². The zero-order valence-corrected chi connectivity index (χ0v) is 16.9. The second kappa shape index (κ2) is 8.21. The third-order valence-electron chi connectivity index (χ3n) is 5.16. The first-order chi connectivity index (χ1) is 12.9. The van der Waals surface area contributed by atoms with Crippen molar-refractivity contribution in [3.8, 4) is 11.5 Å². The Morgan fingerprint density at radius 3 is 2.48 bits per heavy atom. The monoisotopic (exact) mass is 373 g/mol. The average molecular weight is 373 g/mol. The molecule has 0 bridgehead atoms. The predicted octanol–water partition coefficient (Wildman–Crippen LogP) is 3.57. The first-order valence-corrected chi connectivity index (χ1v) is 9.72. The number of carbonyl (C=O) groups excluding carboxylic acids is 1. The first kappa shape index (κ1) is 19.5. The van der Waals surface area contributed by atoms with E-state index in [0.717, 1.165) is 30.5 Å². The highest BCUT2D eigenvalue weighted by atomic mass is 16.5. The maximum absolute atomic E-state index is 12.9. The molecule has 2 N–H and O–H groups in total. The van der Waals surface area contributed by atoms with Crippen LogP contribution in [-0.2, 0) is 0 Å². The van der Waals surface area contributed by atoms with Crippen molar-refractivity contribution in [1.82, 2.24) is 15.2 Å². The molecule has 2 heterocycles. The van der Waals surface area contributed by atoms with Crippen molar-refractivity contribution in [2.75, 3.05) is 33.9 Å². The molecule has 1 aliphatic rings. The lowest BCUT2D eigenvalue weighted by molar-refractivity contribution is 0.0883. The van der Waals surface area contributed by atoms with Gasteiger partial charge in [0.05, 0.1) is 19.7 Å². The van der Waals surface area contributed by atoms with Crippen LogP contribution in [0, 0.1) is 0 Å². The summed E-state index contributed by atoms with van der Waals surface area (Å²) in [7, 11) is 3.21. The van der Waals surface area contributed by atoms with Gasteiger partial charge < -0.3 is 24.7 Å². The minimum Gasteiger partial charge on any atom is -0.493 e. The van der Waals surface area contributed by atoms with Crippen LogP contribution in [0.4, 0.5) is 0 Å². The van der Waals surface area contributed by atoms with Gasteiger partial charge in [0, 0.05) is 17.5 Å². The number of ether oxygens (including phenoxy) is 2. The summed E-state index contributed by atoms with van der Waals surface area (Å²) in [6.07, 6.45) is 5.11. The second-order valence-corrected chi connectivity index (χ2v) is 7.97. The Balaban J connectivity index is 1.74. The van der Waals surface area contributed by atoms with Crippen LogP contribution in [0.3, 0.4) is 0 Å². The van der Waals surface area contributed by atoms with Crippen LogP contribution in [0.1, 0.15) is 50.0 Å². The molecule has 148 valence electrons. The van der Waals surface area contributed by atoms with Gasteiger partial charge in [-0.15, -0.1) is 0 Å². The van der Waals surface area contributed by atoms with E-state index in [-0.39, 0.29) is 11.4 Å². The molecule has 1 aromatic heterocycles. The summed E-state index contributed by atoms with van der Waals surface area (Å²) < 4.78 is 10.8. The quantitative estimate of drug-likeness (QED) is 0.812. The summed E-state index contributed by atoms with van der Waals surface area (Å²) in [4.78, 5) is 18.5. The fraction of sp³-hybridized carbons (Fsp3) is 0.571. The van der Waals surface area contributed by atoms with Crippen LogP contribution < -0.4 is 14.8 Å². The van der Waals surface area contributed by atoms with Gasteiger partial charge in [-0.1, -0.05) is 12.8 Å². The molecule has 1 aromatic carbocycles. The van der Waals surface area contributed by atoms with E-state index in [1.807, 2.05) is 18.2 Å². The zero-order valence-electron chi connectivity index (χ0n) is 16.9. The fourth-order valence-corrected chi connectivity index (χ4v) is 3.92. The van der Waals surface area contributed by atoms with Gasteiger partial charge in [-0.3, -0.25) is 4.79 Å². The molecule has 0 aliphatic carbocycles. The maximum atomic E-state index is 12.9. The van der Waals surface area contributed by atoms with Gasteiger partial charge in [-0.2, -0.15) is 0 Å². The highest BCUT2D eigenvalue weighted by Crippen LogP contribution is 2.35. The van der Waals surface area contributed by atoms with Crippen molar-refractivity contribution in [1.29, 1.82) is 0 Å². The summed E-state index contributed by atoms with van der Waals surface area (Å²) in [5, 5.41) is 4.02. The molecule has 0 saturated carbocycles. The molecule has 6 nitrogen and oxygen atoms in total. The molecule has 0 unspecified atom stereocenters. The molecule has 0 atom stereocenters. The number of amides is 1. The minimum atomic E-state index is -0.305. The molecule has 1 saturated heterocycles. The van der Waals surface area contributed by atoms with Gasteiger partial charge >= 0.3 is 0 Å². The van der Waals surface area contributed by atoms with E-state index in [1.165, 1.54) is 25.7 Å². The van der Waals surface area contributed by atoms with Gasteiger partial charge in [0.2, 0.25) is 0 Å². The van der Waals surface area contributed by atoms with Crippen molar-refractivity contribution < 1.29 is 14.3 Å². The first-order valence-electron chi connectivity index (χ1n) is 9.72. The van der Waals surface area contributed by atoms with Crippen LogP contribution in [0.25, 0.3) is 10.9 Å². The lowest BCUT2D eigenvalue weighted by Crippen LogP contribution is -2.51. The number of aromatic nitrogens is 1. The Hall–Kier alpha value is -2.21. The lowest BCUT2D eigenvalue weighted by atomic mass is 10.0. The molecular formula is C21H31N3O3. The van der Waals surface area contributed by atoms with Crippen molar-refractivity contribution in [2.45, 2.75) is 45.1 Å². The zero-order chi connectivity index (χ0) is 19.4. The van der Waals surface area contributed by atoms with Gasteiger partial charge in [0.25, 0.3) is 5.91 Å². The van der Waals surface area contributed by atoms with Crippen LogP contribution in [0.15, 0.2) is 18.2 Å². The smallest absolute Gasteiger partial charge is 0.268 e. The summed E-state index contributed by atoms with van der Waals surface area (Å²) in [5.41, 5.74) is 1.07.